The molecule has 0 bridgehead atoms. The molecule has 2 atom stereocenters. The number of carbonyl (C=O) groups excluding carboxylic acids is 2. The van der Waals surface area contributed by atoms with Gasteiger partial charge < -0.3 is 45.7 Å². The molecule has 13 heteroatoms. The average molecular weight is 659 g/mol. The number of benzene rings is 3. The molecule has 3 aromatic carbocycles. The second-order valence-electron chi connectivity index (χ2n) is 11.8. The van der Waals surface area contributed by atoms with Crippen LogP contribution in [0.5, 0.6) is 11.5 Å². The van der Waals surface area contributed by atoms with Crippen molar-refractivity contribution < 1.29 is 39.5 Å². The van der Waals surface area contributed by atoms with Crippen LogP contribution in [0.25, 0.3) is 10.9 Å². The Kier molecular flexibility index (Phi) is 10.7. The number of phenolic OH excluding ortho intramolecular Hbond substituents is 1. The first kappa shape index (κ1) is 34.1. The van der Waals surface area contributed by atoms with Crippen molar-refractivity contribution in [1.82, 2.24) is 20.5 Å². The number of aromatic amines is 1. The van der Waals surface area contributed by atoms with Gasteiger partial charge in [0.1, 0.15) is 11.5 Å². The monoisotopic (exact) mass is 658 g/mol. The van der Waals surface area contributed by atoms with Gasteiger partial charge in [-0.15, -0.1) is 0 Å². The van der Waals surface area contributed by atoms with Gasteiger partial charge in [0.2, 0.25) is 17.1 Å². The minimum atomic E-state index is -2.31. The third-order valence-corrected chi connectivity index (χ3v) is 8.56. The van der Waals surface area contributed by atoms with Crippen molar-refractivity contribution in [2.45, 2.75) is 24.5 Å². The Morgan fingerprint density at radius 1 is 0.979 bits per heavy atom. The van der Waals surface area contributed by atoms with Gasteiger partial charge in [0.25, 0.3) is 5.91 Å². The number of H-pyrrole nitrogens is 1. The third kappa shape index (κ3) is 7.82. The fourth-order valence-electron chi connectivity index (χ4n) is 5.86. The molecule has 13 nitrogen and oxygen atoms in total. The lowest BCUT2D eigenvalue weighted by molar-refractivity contribution is -0.155. The molecule has 5 rings (SSSR count). The molecule has 2 heterocycles. The number of hydrogen-bond donors (Lipinski definition) is 7. The van der Waals surface area contributed by atoms with E-state index in [1.165, 1.54) is 48.5 Å². The number of pyridine rings is 1. The van der Waals surface area contributed by atoms with E-state index in [2.05, 4.69) is 15.6 Å². The van der Waals surface area contributed by atoms with Gasteiger partial charge in [-0.3, -0.25) is 14.4 Å². The van der Waals surface area contributed by atoms with E-state index in [0.717, 1.165) is 12.8 Å². The van der Waals surface area contributed by atoms with E-state index in [1.807, 2.05) is 0 Å². The molecule has 2 amide bonds. The molecule has 48 heavy (non-hydrogen) atoms. The molecule has 7 N–H and O–H groups in total. The normalized spacial score (nSPS) is 15.4. The molecule has 2 unspecified atom stereocenters. The van der Waals surface area contributed by atoms with Gasteiger partial charge in [0.15, 0.2) is 6.61 Å². The molecular weight excluding hydrogens is 620 g/mol. The Bertz CT molecular complexity index is 1820. The third-order valence-electron chi connectivity index (χ3n) is 8.56. The maximum atomic E-state index is 12.7. The molecule has 252 valence electrons. The molecule has 4 aromatic rings. The molecular formula is C35H38N4O9. The van der Waals surface area contributed by atoms with E-state index in [1.54, 1.807) is 35.2 Å². The lowest BCUT2D eigenvalue weighted by Crippen LogP contribution is -2.46. The Labute approximate surface area is 275 Å². The number of piperidine rings is 1. The van der Waals surface area contributed by atoms with Gasteiger partial charge in [-0.05, 0) is 60.7 Å². The van der Waals surface area contributed by atoms with Crippen LogP contribution >= 0.6 is 0 Å². The largest absolute Gasteiger partial charge is 0.506 e. The predicted molar refractivity (Wildman–Crippen MR) is 175 cm³/mol. The number of phenols is 1. The lowest BCUT2D eigenvalue weighted by atomic mass is 9.86. The van der Waals surface area contributed by atoms with Crippen LogP contribution < -0.4 is 20.9 Å². The van der Waals surface area contributed by atoms with Crippen molar-refractivity contribution in [3.05, 3.63) is 106 Å². The summed E-state index contributed by atoms with van der Waals surface area (Å²) in [5.41, 5.74) is -1.56. The lowest BCUT2D eigenvalue weighted by Gasteiger charge is -2.32. The summed E-state index contributed by atoms with van der Waals surface area (Å²) >= 11 is 0. The smallest absolute Gasteiger partial charge is 0.345 e. The fraction of sp³-hybridized carbons (Fsp3) is 0.314. The van der Waals surface area contributed by atoms with Crippen molar-refractivity contribution in [2.24, 2.45) is 5.92 Å². The first-order valence-electron chi connectivity index (χ1n) is 15.6. The number of aromatic nitrogens is 1. The second-order valence-corrected chi connectivity index (χ2v) is 11.8. The van der Waals surface area contributed by atoms with Gasteiger partial charge in [-0.25, -0.2) is 4.79 Å². The van der Waals surface area contributed by atoms with E-state index in [0.29, 0.717) is 30.6 Å². The average Bonchev–Trinajstić information content (AvgIpc) is 3.10. The number of carboxylic acid groups (broad SMARTS) is 1. The molecule has 0 aliphatic carbocycles. The molecule has 1 aromatic heterocycles. The van der Waals surface area contributed by atoms with Crippen molar-refractivity contribution in [3.8, 4) is 11.5 Å². The summed E-state index contributed by atoms with van der Waals surface area (Å²) in [5, 5.41) is 48.1. The standard InChI is InChI=1S/C35H38N4O9/c40-28-11-9-26(27-10-12-30(42)38-33(27)28)29(41)19-36-18-22-13-15-39(16-14-22)32(44)20-37-31(43)21-48-25-8-4-7-24(17-25)35(47,34(45)46)23-5-2-1-3-6-23/h1-12,17,22,29,36,40-41,47H,13-16,18-21H2,(H,37,43)(H,38,42)(H,45,46). The molecule has 0 radical (unpaired) electrons. The number of aromatic hydroxyl groups is 1. The number of carboxylic acids is 1. The molecule has 1 fully saturated rings. The number of ether oxygens (including phenoxy) is 1. The number of nitrogens with one attached hydrogen (secondary N) is 3. The maximum absolute atomic E-state index is 12.7. The maximum Gasteiger partial charge on any atom is 0.345 e. The second kappa shape index (κ2) is 15.1. The van der Waals surface area contributed by atoms with Crippen molar-refractivity contribution in [2.75, 3.05) is 39.3 Å². The van der Waals surface area contributed by atoms with E-state index in [9.17, 15) is 39.6 Å². The zero-order valence-electron chi connectivity index (χ0n) is 26.1. The molecule has 1 saturated heterocycles. The summed E-state index contributed by atoms with van der Waals surface area (Å²) in [6, 6.07) is 19.8. The Balaban J connectivity index is 1.03. The predicted octanol–water partition coefficient (Wildman–Crippen LogP) is 1.61. The van der Waals surface area contributed by atoms with Crippen molar-refractivity contribution >= 4 is 28.7 Å². The SMILES string of the molecule is O=C(COc1cccc(C(O)(C(=O)O)c2ccccc2)c1)NCC(=O)N1CCC(CNCC(O)c2ccc(O)c3[nH]c(=O)ccc23)CC1. The number of amides is 2. The summed E-state index contributed by atoms with van der Waals surface area (Å²) in [5.74, 6) is -1.82. The Morgan fingerprint density at radius 3 is 2.44 bits per heavy atom. The highest BCUT2D eigenvalue weighted by Crippen LogP contribution is 2.32. The van der Waals surface area contributed by atoms with Crippen LogP contribution in [0.15, 0.2) is 83.7 Å². The summed E-state index contributed by atoms with van der Waals surface area (Å²) < 4.78 is 5.53. The number of rotatable bonds is 13. The Hall–Kier alpha value is -5.24. The van der Waals surface area contributed by atoms with Crippen molar-refractivity contribution in [3.63, 3.8) is 0 Å². The highest BCUT2D eigenvalue weighted by molar-refractivity contribution is 5.88. The first-order valence-corrected chi connectivity index (χ1v) is 15.6. The molecule has 1 aliphatic rings. The summed E-state index contributed by atoms with van der Waals surface area (Å²) in [6.07, 6.45) is 0.633. The zero-order chi connectivity index (χ0) is 34.3. The minimum Gasteiger partial charge on any atom is -0.506 e. The summed E-state index contributed by atoms with van der Waals surface area (Å²) in [4.78, 5) is 53.2. The van der Waals surface area contributed by atoms with Gasteiger partial charge in [-0.1, -0.05) is 48.5 Å². The van der Waals surface area contributed by atoms with Gasteiger partial charge in [-0.2, -0.15) is 0 Å². The van der Waals surface area contributed by atoms with E-state index < -0.39 is 30.2 Å². The number of aliphatic hydroxyl groups is 2. The van der Waals surface area contributed by atoms with Gasteiger partial charge in [0, 0.05) is 36.7 Å². The topological polar surface area (TPSA) is 202 Å². The van der Waals surface area contributed by atoms with Crippen LogP contribution in [-0.2, 0) is 20.0 Å². The van der Waals surface area contributed by atoms with Crippen molar-refractivity contribution in [1.29, 1.82) is 0 Å². The van der Waals surface area contributed by atoms with E-state index >= 15 is 0 Å². The number of nitrogens with zero attached hydrogens (tertiary/aromatic N) is 1. The number of likely N-dealkylation sites (tertiary alicyclic amines) is 1. The number of aliphatic carboxylic acids is 1. The Morgan fingerprint density at radius 2 is 1.71 bits per heavy atom. The molecule has 1 aliphatic heterocycles. The summed E-state index contributed by atoms with van der Waals surface area (Å²) in [7, 11) is 0. The number of hydrogen-bond acceptors (Lipinski definition) is 9. The fourth-order valence-corrected chi connectivity index (χ4v) is 5.86. The van der Waals surface area contributed by atoms with Gasteiger partial charge in [0.05, 0.1) is 18.2 Å². The summed E-state index contributed by atoms with van der Waals surface area (Å²) in [6.45, 7) is 1.34. The van der Waals surface area contributed by atoms with Gasteiger partial charge >= 0.3 is 5.97 Å². The quantitative estimate of drug-likeness (QED) is 0.111. The van der Waals surface area contributed by atoms with Crippen LogP contribution in [0.2, 0.25) is 0 Å². The highest BCUT2D eigenvalue weighted by Gasteiger charge is 2.40. The van der Waals surface area contributed by atoms with E-state index in [-0.39, 0.29) is 58.6 Å². The molecule has 0 saturated carbocycles. The van der Waals surface area contributed by atoms with Crippen LogP contribution in [0.3, 0.4) is 0 Å². The van der Waals surface area contributed by atoms with E-state index in [4.69, 9.17) is 4.74 Å². The van der Waals surface area contributed by atoms with Crippen LogP contribution in [0.1, 0.15) is 35.6 Å². The highest BCUT2D eigenvalue weighted by atomic mass is 16.5. The van der Waals surface area contributed by atoms with Crippen LogP contribution in [0, 0.1) is 5.92 Å². The number of aliphatic hydroxyl groups excluding tert-OH is 1. The minimum absolute atomic E-state index is 0.0636. The van der Waals surface area contributed by atoms with Crippen LogP contribution in [0.4, 0.5) is 0 Å². The number of fused-ring (bicyclic) bond motifs is 1. The van der Waals surface area contributed by atoms with Crippen LogP contribution in [-0.4, -0.2) is 87.4 Å². The molecule has 0 spiro atoms. The number of carbonyl (C=O) groups is 3. The zero-order valence-corrected chi connectivity index (χ0v) is 26.1. The first-order chi connectivity index (χ1) is 23.1.